The van der Waals surface area contributed by atoms with Crippen LogP contribution in [0.1, 0.15) is 22.5 Å². The number of nitrogens with zero attached hydrogens (tertiary/aromatic N) is 1. The predicted molar refractivity (Wildman–Crippen MR) is 51.6 cm³/mol. The smallest absolute Gasteiger partial charge is 0.355 e. The number of aromatic carboxylic acids is 1. The van der Waals surface area contributed by atoms with Crippen molar-refractivity contribution in [1.29, 1.82) is 0 Å². The average molecular weight is 331 g/mol. The van der Waals surface area contributed by atoms with Crippen molar-refractivity contribution in [2.24, 2.45) is 0 Å². The molecule has 0 spiro atoms. The lowest BCUT2D eigenvalue weighted by Crippen LogP contribution is -2.06. The first-order valence-electron chi connectivity index (χ1n) is 3.31. The third-order valence-corrected chi connectivity index (χ3v) is 3.14. The maximum absolute atomic E-state index is 12.4. The molecule has 7 heteroatoms. The van der Waals surface area contributed by atoms with Crippen molar-refractivity contribution in [2.75, 3.05) is 0 Å². The van der Waals surface area contributed by atoms with Crippen molar-refractivity contribution in [3.05, 3.63) is 26.4 Å². The van der Waals surface area contributed by atoms with E-state index in [0.29, 0.717) is 0 Å². The van der Waals surface area contributed by atoms with E-state index in [4.69, 9.17) is 5.11 Å². The molecule has 0 radical (unpaired) electrons. The van der Waals surface area contributed by atoms with Crippen molar-refractivity contribution >= 4 is 37.8 Å². The van der Waals surface area contributed by atoms with Gasteiger partial charge in [-0.2, -0.15) is 0 Å². The fourth-order valence-corrected chi connectivity index (χ4v) is 1.45. The van der Waals surface area contributed by atoms with E-state index >= 15 is 0 Å². The molecule has 1 rings (SSSR count). The Bertz CT molecular complexity index is 384. The zero-order valence-corrected chi connectivity index (χ0v) is 9.64. The number of carboxylic acid groups (broad SMARTS) is 1. The Hall–Kier alpha value is -0.560. The van der Waals surface area contributed by atoms with Crippen molar-refractivity contribution in [3.63, 3.8) is 0 Å². The van der Waals surface area contributed by atoms with Gasteiger partial charge in [0.15, 0.2) is 5.69 Å². The molecule has 0 bridgehead atoms. The summed E-state index contributed by atoms with van der Waals surface area (Å²) in [5, 5.41) is 8.60. The molecule has 1 heterocycles. The number of aromatic nitrogens is 1. The van der Waals surface area contributed by atoms with Gasteiger partial charge < -0.3 is 5.11 Å². The van der Waals surface area contributed by atoms with Gasteiger partial charge in [0, 0.05) is 0 Å². The molecule has 0 saturated heterocycles. The number of halogens is 4. The van der Waals surface area contributed by atoms with Gasteiger partial charge in [0.2, 0.25) is 0 Å². The molecule has 0 atom stereocenters. The van der Waals surface area contributed by atoms with Crippen molar-refractivity contribution in [3.8, 4) is 0 Å². The van der Waals surface area contributed by atoms with Crippen LogP contribution in [0.4, 0.5) is 8.78 Å². The van der Waals surface area contributed by atoms with E-state index in [0.717, 1.165) is 6.07 Å². The van der Waals surface area contributed by atoms with Crippen LogP contribution in [-0.2, 0) is 0 Å². The summed E-state index contributed by atoms with van der Waals surface area (Å²) >= 11 is 5.89. The van der Waals surface area contributed by atoms with Crippen LogP contribution in [0.2, 0.25) is 0 Å². The minimum atomic E-state index is -2.86. The molecule has 0 amide bonds. The summed E-state index contributed by atoms with van der Waals surface area (Å²) in [4.78, 5) is 14.0. The van der Waals surface area contributed by atoms with Gasteiger partial charge in [-0.25, -0.2) is 18.6 Å². The van der Waals surface area contributed by atoms with E-state index in [1.807, 2.05) is 0 Å². The highest BCUT2D eigenvalue weighted by atomic mass is 79.9. The topological polar surface area (TPSA) is 50.2 Å². The Morgan fingerprint density at radius 3 is 2.50 bits per heavy atom. The second kappa shape index (κ2) is 4.31. The third kappa shape index (κ3) is 2.27. The quantitative estimate of drug-likeness (QED) is 0.847. The van der Waals surface area contributed by atoms with Gasteiger partial charge in [0.25, 0.3) is 6.43 Å². The Labute approximate surface area is 94.4 Å². The normalized spacial score (nSPS) is 10.6. The Morgan fingerprint density at radius 2 is 2.07 bits per heavy atom. The monoisotopic (exact) mass is 329 g/mol. The molecule has 1 N–H and O–H groups in total. The molecule has 0 aliphatic heterocycles. The highest BCUT2D eigenvalue weighted by molar-refractivity contribution is 9.13. The highest BCUT2D eigenvalue weighted by Crippen LogP contribution is 2.29. The number of carbonyl (C=O) groups is 1. The first kappa shape index (κ1) is 11.5. The highest BCUT2D eigenvalue weighted by Gasteiger charge is 2.21. The summed E-state index contributed by atoms with van der Waals surface area (Å²) in [6.07, 6.45) is -2.86. The van der Waals surface area contributed by atoms with Gasteiger partial charge in [-0.1, -0.05) is 0 Å². The largest absolute Gasteiger partial charge is 0.476 e. The van der Waals surface area contributed by atoms with E-state index in [2.05, 4.69) is 36.8 Å². The standard InChI is InChI=1S/C7H3Br2F2NO2/c8-3-1-2(6(10)11)4(7(13)14)12-5(3)9/h1,6H,(H,13,14). The zero-order chi connectivity index (χ0) is 10.9. The van der Waals surface area contributed by atoms with E-state index in [-0.39, 0.29) is 9.08 Å². The number of rotatable bonds is 2. The maximum atomic E-state index is 12.4. The van der Waals surface area contributed by atoms with Crippen LogP contribution >= 0.6 is 31.9 Å². The fourth-order valence-electron chi connectivity index (χ4n) is 0.818. The summed E-state index contributed by atoms with van der Waals surface area (Å²) in [5.41, 5.74) is -1.25. The van der Waals surface area contributed by atoms with Gasteiger partial charge in [0.1, 0.15) is 4.60 Å². The fraction of sp³-hybridized carbons (Fsp3) is 0.143. The molecular weight excluding hydrogens is 328 g/mol. The van der Waals surface area contributed by atoms with Gasteiger partial charge in [0.05, 0.1) is 10.0 Å². The van der Waals surface area contributed by atoms with Gasteiger partial charge in [-0.3, -0.25) is 0 Å². The van der Waals surface area contributed by atoms with Gasteiger partial charge in [-0.15, -0.1) is 0 Å². The molecule has 3 nitrogen and oxygen atoms in total. The van der Waals surface area contributed by atoms with E-state index in [1.54, 1.807) is 0 Å². The van der Waals surface area contributed by atoms with E-state index < -0.39 is 23.7 Å². The summed E-state index contributed by atoms with van der Waals surface area (Å²) in [7, 11) is 0. The molecule has 0 fully saturated rings. The minimum Gasteiger partial charge on any atom is -0.476 e. The molecule has 14 heavy (non-hydrogen) atoms. The molecule has 1 aromatic heterocycles. The van der Waals surface area contributed by atoms with Crippen LogP contribution in [0.25, 0.3) is 0 Å². The van der Waals surface area contributed by atoms with Crippen LogP contribution in [0.3, 0.4) is 0 Å². The summed E-state index contributed by atoms with van der Waals surface area (Å²) in [5.74, 6) is -1.48. The first-order chi connectivity index (χ1) is 6.43. The SMILES string of the molecule is O=C(O)c1nc(Br)c(Br)cc1C(F)F. The van der Waals surface area contributed by atoms with Crippen molar-refractivity contribution < 1.29 is 18.7 Å². The molecule has 76 valence electrons. The van der Waals surface area contributed by atoms with Crippen LogP contribution < -0.4 is 0 Å². The average Bonchev–Trinajstić information content (AvgIpc) is 2.08. The zero-order valence-electron chi connectivity index (χ0n) is 6.47. The lowest BCUT2D eigenvalue weighted by molar-refractivity contribution is 0.0676. The van der Waals surface area contributed by atoms with Crippen molar-refractivity contribution in [2.45, 2.75) is 6.43 Å². The summed E-state index contributed by atoms with van der Waals surface area (Å²) in [6, 6.07) is 1.03. The molecular formula is C7H3Br2F2NO2. The Balaban J connectivity index is 3.39. The van der Waals surface area contributed by atoms with Gasteiger partial charge >= 0.3 is 5.97 Å². The Morgan fingerprint density at radius 1 is 1.50 bits per heavy atom. The number of hydrogen-bond donors (Lipinski definition) is 1. The number of carboxylic acids is 1. The second-order valence-corrected chi connectivity index (χ2v) is 3.91. The summed E-state index contributed by atoms with van der Waals surface area (Å²) < 4.78 is 25.2. The number of hydrogen-bond acceptors (Lipinski definition) is 2. The molecule has 1 aromatic rings. The lowest BCUT2D eigenvalue weighted by atomic mass is 10.2. The maximum Gasteiger partial charge on any atom is 0.355 e. The van der Waals surface area contributed by atoms with Crippen LogP contribution in [0, 0.1) is 0 Å². The van der Waals surface area contributed by atoms with Gasteiger partial charge in [-0.05, 0) is 37.9 Å². The predicted octanol–water partition coefficient (Wildman–Crippen LogP) is 3.24. The molecule has 0 unspecified atom stereocenters. The molecule has 0 saturated carbocycles. The molecule has 0 aliphatic carbocycles. The molecule has 0 aliphatic rings. The molecule has 0 aromatic carbocycles. The van der Waals surface area contributed by atoms with E-state index in [9.17, 15) is 13.6 Å². The van der Waals surface area contributed by atoms with E-state index in [1.165, 1.54) is 0 Å². The minimum absolute atomic E-state index is 0.180. The van der Waals surface area contributed by atoms with Crippen molar-refractivity contribution in [1.82, 2.24) is 4.98 Å². The number of pyridine rings is 1. The van der Waals surface area contributed by atoms with Crippen LogP contribution in [0.15, 0.2) is 15.1 Å². The summed E-state index contributed by atoms with van der Waals surface area (Å²) in [6.45, 7) is 0. The van der Waals surface area contributed by atoms with Crippen LogP contribution in [0.5, 0.6) is 0 Å². The second-order valence-electron chi connectivity index (χ2n) is 2.30. The first-order valence-corrected chi connectivity index (χ1v) is 4.89. The Kier molecular flexibility index (Phi) is 3.54. The third-order valence-electron chi connectivity index (χ3n) is 1.40. The number of alkyl halides is 2. The lowest BCUT2D eigenvalue weighted by Gasteiger charge is -2.05. The van der Waals surface area contributed by atoms with Crippen LogP contribution in [-0.4, -0.2) is 16.1 Å².